The number of halogens is 1. The maximum absolute atomic E-state index is 12.1. The van der Waals surface area contributed by atoms with Crippen molar-refractivity contribution in [1.82, 2.24) is 4.90 Å². The molecule has 120 valence electrons. The van der Waals surface area contributed by atoms with E-state index in [1.54, 1.807) is 12.1 Å². The van der Waals surface area contributed by atoms with Crippen molar-refractivity contribution in [2.75, 3.05) is 18.4 Å². The highest BCUT2D eigenvalue weighted by atomic mass is 35.5. The van der Waals surface area contributed by atoms with Gasteiger partial charge >= 0.3 is 0 Å². The minimum atomic E-state index is -0.178. The predicted octanol–water partition coefficient (Wildman–Crippen LogP) is 3.82. The number of amides is 2. The van der Waals surface area contributed by atoms with Crippen LogP contribution in [-0.4, -0.2) is 29.8 Å². The first kappa shape index (κ1) is 16.0. The molecule has 1 N–H and O–H groups in total. The van der Waals surface area contributed by atoms with Gasteiger partial charge in [0.25, 0.3) is 5.91 Å². The first-order valence-electron chi connectivity index (χ1n) is 7.55. The van der Waals surface area contributed by atoms with Crippen LogP contribution in [0, 0.1) is 0 Å². The van der Waals surface area contributed by atoms with Crippen LogP contribution in [0.3, 0.4) is 0 Å². The van der Waals surface area contributed by atoms with Crippen LogP contribution >= 0.6 is 22.9 Å². The van der Waals surface area contributed by atoms with E-state index in [0.29, 0.717) is 21.3 Å². The van der Waals surface area contributed by atoms with Crippen molar-refractivity contribution in [2.45, 2.75) is 19.3 Å². The van der Waals surface area contributed by atoms with Crippen LogP contribution in [0.4, 0.5) is 5.69 Å². The van der Waals surface area contributed by atoms with E-state index in [0.717, 1.165) is 31.5 Å². The Morgan fingerprint density at radius 2 is 1.78 bits per heavy atom. The van der Waals surface area contributed by atoms with E-state index in [-0.39, 0.29) is 11.8 Å². The zero-order valence-corrected chi connectivity index (χ0v) is 14.1. The molecule has 0 spiro atoms. The van der Waals surface area contributed by atoms with Gasteiger partial charge in [-0.05, 0) is 42.7 Å². The van der Waals surface area contributed by atoms with Gasteiger partial charge in [-0.1, -0.05) is 23.7 Å². The third-order valence-electron chi connectivity index (χ3n) is 3.82. The Morgan fingerprint density at radius 1 is 1.09 bits per heavy atom. The van der Waals surface area contributed by atoms with Gasteiger partial charge in [0.05, 0.1) is 15.6 Å². The van der Waals surface area contributed by atoms with Gasteiger partial charge in [0, 0.05) is 18.8 Å². The molecule has 2 aromatic rings. The number of likely N-dealkylation sites (tertiary alicyclic amines) is 1. The summed E-state index contributed by atoms with van der Waals surface area (Å²) in [6.45, 7) is 1.74. The van der Waals surface area contributed by atoms with E-state index in [1.807, 2.05) is 29.2 Å². The highest BCUT2D eigenvalue weighted by molar-refractivity contribution is 7.18. The summed E-state index contributed by atoms with van der Waals surface area (Å²) in [6.07, 6.45) is 2.61. The number of hydrogen-bond donors (Lipinski definition) is 1. The summed E-state index contributed by atoms with van der Waals surface area (Å²) in [5.41, 5.74) is 1.66. The monoisotopic (exact) mass is 348 g/mol. The number of rotatable bonds is 4. The molecule has 1 fully saturated rings. The number of benzene rings is 1. The fourth-order valence-electron chi connectivity index (χ4n) is 2.59. The minimum Gasteiger partial charge on any atom is -0.342 e. The molecular weight excluding hydrogens is 332 g/mol. The van der Waals surface area contributed by atoms with Gasteiger partial charge in [-0.15, -0.1) is 11.3 Å². The fraction of sp³-hybridized carbons (Fsp3) is 0.294. The molecule has 23 heavy (non-hydrogen) atoms. The Balaban J connectivity index is 1.58. The van der Waals surface area contributed by atoms with Crippen molar-refractivity contribution in [1.29, 1.82) is 0 Å². The number of nitrogens with zero attached hydrogens (tertiary/aromatic N) is 1. The highest BCUT2D eigenvalue weighted by Gasteiger charge is 2.17. The Bertz CT molecular complexity index is 706. The summed E-state index contributed by atoms with van der Waals surface area (Å²) in [7, 11) is 0. The maximum atomic E-state index is 12.1. The molecule has 3 rings (SSSR count). The Kier molecular flexibility index (Phi) is 4.98. The number of nitrogens with one attached hydrogen (secondary N) is 1. The summed E-state index contributed by atoms with van der Waals surface area (Å²) in [4.78, 5) is 26.6. The predicted molar refractivity (Wildman–Crippen MR) is 93.2 cm³/mol. The zero-order valence-electron chi connectivity index (χ0n) is 12.5. The van der Waals surface area contributed by atoms with Gasteiger partial charge in [-0.2, -0.15) is 0 Å². The van der Waals surface area contributed by atoms with E-state index in [9.17, 15) is 9.59 Å². The van der Waals surface area contributed by atoms with Gasteiger partial charge in [-0.3, -0.25) is 9.59 Å². The summed E-state index contributed by atoms with van der Waals surface area (Å²) in [6, 6.07) is 10.8. The average Bonchev–Trinajstić information content (AvgIpc) is 3.20. The quantitative estimate of drug-likeness (QED) is 0.913. The Labute approximate surface area is 144 Å². The minimum absolute atomic E-state index is 0.174. The molecule has 1 aromatic heterocycles. The van der Waals surface area contributed by atoms with Crippen molar-refractivity contribution in [2.24, 2.45) is 0 Å². The molecule has 0 aliphatic carbocycles. The number of carbonyl (C=O) groups excluding carboxylic acids is 2. The Hall–Kier alpha value is -1.85. The van der Waals surface area contributed by atoms with Crippen molar-refractivity contribution < 1.29 is 9.59 Å². The molecule has 0 radical (unpaired) electrons. The van der Waals surface area contributed by atoms with Crippen molar-refractivity contribution >= 4 is 40.4 Å². The molecule has 0 atom stereocenters. The van der Waals surface area contributed by atoms with Crippen LogP contribution in [0.1, 0.15) is 28.1 Å². The van der Waals surface area contributed by atoms with Crippen LogP contribution in [0.25, 0.3) is 0 Å². The lowest BCUT2D eigenvalue weighted by atomic mass is 10.1. The van der Waals surface area contributed by atoms with Crippen LogP contribution in [0.2, 0.25) is 4.34 Å². The van der Waals surface area contributed by atoms with Crippen molar-refractivity contribution in [3.63, 3.8) is 0 Å². The second kappa shape index (κ2) is 7.15. The first-order valence-corrected chi connectivity index (χ1v) is 8.75. The lowest BCUT2D eigenvalue weighted by molar-refractivity contribution is -0.129. The number of anilines is 1. The molecule has 1 aliphatic heterocycles. The first-order chi connectivity index (χ1) is 11.1. The smallest absolute Gasteiger partial charge is 0.265 e. The van der Waals surface area contributed by atoms with Crippen molar-refractivity contribution in [3.05, 3.63) is 51.2 Å². The van der Waals surface area contributed by atoms with Crippen LogP contribution in [0.5, 0.6) is 0 Å². The lowest BCUT2D eigenvalue weighted by Crippen LogP contribution is -2.29. The molecule has 2 amide bonds. The molecule has 0 bridgehead atoms. The summed E-state index contributed by atoms with van der Waals surface area (Å²) in [5, 5.41) is 2.82. The third kappa shape index (κ3) is 4.12. The molecule has 4 nitrogen and oxygen atoms in total. The molecule has 6 heteroatoms. The third-order valence-corrected chi connectivity index (χ3v) is 5.05. The van der Waals surface area contributed by atoms with Gasteiger partial charge in [0.15, 0.2) is 0 Å². The SMILES string of the molecule is O=C(Nc1ccc(CC(=O)N2CCCC2)cc1)c1ccc(Cl)s1. The highest BCUT2D eigenvalue weighted by Crippen LogP contribution is 2.22. The van der Waals surface area contributed by atoms with E-state index in [2.05, 4.69) is 5.32 Å². The molecule has 1 aliphatic rings. The fourth-order valence-corrected chi connectivity index (χ4v) is 3.53. The van der Waals surface area contributed by atoms with Crippen LogP contribution in [-0.2, 0) is 11.2 Å². The van der Waals surface area contributed by atoms with Crippen molar-refractivity contribution in [3.8, 4) is 0 Å². The maximum Gasteiger partial charge on any atom is 0.265 e. The zero-order chi connectivity index (χ0) is 16.2. The molecule has 1 aromatic carbocycles. The standard InChI is InChI=1S/C17H17ClN2O2S/c18-15-8-7-14(23-15)17(22)19-13-5-3-12(4-6-13)11-16(21)20-9-1-2-10-20/h3-8H,1-2,9-11H2,(H,19,22). The van der Waals surface area contributed by atoms with E-state index in [1.165, 1.54) is 11.3 Å². The van der Waals surface area contributed by atoms with E-state index >= 15 is 0 Å². The van der Waals surface area contributed by atoms with Crippen LogP contribution in [0.15, 0.2) is 36.4 Å². The van der Waals surface area contributed by atoms with Gasteiger partial charge < -0.3 is 10.2 Å². The Morgan fingerprint density at radius 3 is 2.39 bits per heavy atom. The normalized spacial score (nSPS) is 14.0. The second-order valence-corrected chi connectivity index (χ2v) is 7.23. The summed E-state index contributed by atoms with van der Waals surface area (Å²) >= 11 is 7.08. The summed E-state index contributed by atoms with van der Waals surface area (Å²) in [5.74, 6) is -0.00435. The average molecular weight is 349 g/mol. The molecule has 1 saturated heterocycles. The second-order valence-electron chi connectivity index (χ2n) is 5.52. The van der Waals surface area contributed by atoms with E-state index in [4.69, 9.17) is 11.6 Å². The number of hydrogen-bond acceptors (Lipinski definition) is 3. The molecule has 0 unspecified atom stereocenters. The molecular formula is C17H17ClN2O2S. The molecule has 2 heterocycles. The molecule has 0 saturated carbocycles. The van der Waals surface area contributed by atoms with Gasteiger partial charge in [-0.25, -0.2) is 0 Å². The number of thiophene rings is 1. The largest absolute Gasteiger partial charge is 0.342 e. The summed E-state index contributed by atoms with van der Waals surface area (Å²) < 4.78 is 0.589. The van der Waals surface area contributed by atoms with Gasteiger partial charge in [0.1, 0.15) is 0 Å². The lowest BCUT2D eigenvalue weighted by Gasteiger charge is -2.15. The van der Waals surface area contributed by atoms with Crippen LogP contribution < -0.4 is 5.32 Å². The van der Waals surface area contributed by atoms with Gasteiger partial charge in [0.2, 0.25) is 5.91 Å². The topological polar surface area (TPSA) is 49.4 Å². The van der Waals surface area contributed by atoms with E-state index < -0.39 is 0 Å². The number of carbonyl (C=O) groups is 2.